The van der Waals surface area contributed by atoms with E-state index in [2.05, 4.69) is 0 Å². The van der Waals surface area contributed by atoms with Gasteiger partial charge < -0.3 is 10.2 Å². The Hall–Kier alpha value is -2.21. The van der Waals surface area contributed by atoms with E-state index in [0.717, 1.165) is 12.0 Å². The van der Waals surface area contributed by atoms with Gasteiger partial charge in [0.2, 0.25) is 0 Å². The molecule has 0 saturated carbocycles. The van der Waals surface area contributed by atoms with E-state index in [9.17, 15) is 18.6 Å². The second kappa shape index (κ2) is 6.02. The van der Waals surface area contributed by atoms with E-state index in [4.69, 9.17) is 0 Å². The van der Waals surface area contributed by atoms with Crippen molar-refractivity contribution >= 4 is 15.7 Å². The SMILES string of the molecule is CC[C@@H]1CCN(S(=O)(=O)c2ccc(C)cc2)c2cc(O)cc(O)c21. The van der Waals surface area contributed by atoms with Crippen LogP contribution in [0.3, 0.4) is 0 Å². The maximum atomic E-state index is 13.0. The third kappa shape index (κ3) is 2.71. The van der Waals surface area contributed by atoms with Gasteiger partial charge in [0.15, 0.2) is 0 Å². The molecular weight excluding hydrogens is 326 g/mol. The molecule has 128 valence electrons. The fraction of sp³-hybridized carbons (Fsp3) is 0.333. The summed E-state index contributed by atoms with van der Waals surface area (Å²) in [4.78, 5) is 0.205. The lowest BCUT2D eigenvalue weighted by Gasteiger charge is -2.35. The first-order valence-corrected chi connectivity index (χ1v) is 9.44. The standard InChI is InChI=1S/C18H21NO4S/c1-3-13-8-9-19(16-10-14(20)11-17(21)18(13)16)24(22,23)15-6-4-12(2)5-7-15/h4-7,10-11,13,20-21H,3,8-9H2,1-2H3/t13-/m1/s1. The monoisotopic (exact) mass is 347 g/mol. The van der Waals surface area contributed by atoms with Gasteiger partial charge in [-0.15, -0.1) is 0 Å². The molecule has 0 aliphatic carbocycles. The van der Waals surface area contributed by atoms with E-state index in [-0.39, 0.29) is 22.3 Å². The third-order valence-electron chi connectivity index (χ3n) is 4.58. The number of sulfonamides is 1. The van der Waals surface area contributed by atoms with Gasteiger partial charge in [0.25, 0.3) is 10.0 Å². The summed E-state index contributed by atoms with van der Waals surface area (Å²) in [6.07, 6.45) is 1.43. The van der Waals surface area contributed by atoms with E-state index in [1.807, 2.05) is 13.8 Å². The summed E-state index contributed by atoms with van der Waals surface area (Å²) in [5.41, 5.74) is 1.94. The van der Waals surface area contributed by atoms with Crippen LogP contribution in [0.15, 0.2) is 41.3 Å². The van der Waals surface area contributed by atoms with Gasteiger partial charge in [-0.3, -0.25) is 4.31 Å². The fourth-order valence-corrected chi connectivity index (χ4v) is 4.76. The lowest BCUT2D eigenvalue weighted by atomic mass is 9.88. The fourth-order valence-electron chi connectivity index (χ4n) is 3.27. The maximum absolute atomic E-state index is 13.0. The summed E-state index contributed by atoms with van der Waals surface area (Å²) in [5.74, 6) is -0.127. The van der Waals surface area contributed by atoms with Gasteiger partial charge in [-0.05, 0) is 37.8 Å². The number of hydrogen-bond donors (Lipinski definition) is 2. The Kier molecular flexibility index (Phi) is 4.17. The smallest absolute Gasteiger partial charge is 0.264 e. The van der Waals surface area contributed by atoms with Crippen LogP contribution in [0, 0.1) is 6.92 Å². The molecule has 0 unspecified atom stereocenters. The number of fused-ring (bicyclic) bond motifs is 1. The van der Waals surface area contributed by atoms with Gasteiger partial charge in [0.05, 0.1) is 10.6 Å². The Morgan fingerprint density at radius 1 is 1.17 bits per heavy atom. The molecule has 0 aromatic heterocycles. The quantitative estimate of drug-likeness (QED) is 0.891. The molecule has 3 rings (SSSR count). The van der Waals surface area contributed by atoms with E-state index in [0.29, 0.717) is 24.2 Å². The van der Waals surface area contributed by atoms with E-state index >= 15 is 0 Å². The number of aromatic hydroxyl groups is 2. The average molecular weight is 347 g/mol. The van der Waals surface area contributed by atoms with Crippen LogP contribution in [0.4, 0.5) is 5.69 Å². The maximum Gasteiger partial charge on any atom is 0.264 e. The molecule has 0 bridgehead atoms. The molecule has 0 spiro atoms. The van der Waals surface area contributed by atoms with E-state index in [1.54, 1.807) is 24.3 Å². The molecule has 0 radical (unpaired) electrons. The second-order valence-corrected chi connectivity index (χ2v) is 8.04. The Morgan fingerprint density at radius 2 is 1.83 bits per heavy atom. The van der Waals surface area contributed by atoms with Crippen molar-refractivity contribution in [1.82, 2.24) is 0 Å². The van der Waals surface area contributed by atoms with Gasteiger partial charge in [-0.1, -0.05) is 24.6 Å². The van der Waals surface area contributed by atoms with Crippen molar-refractivity contribution in [2.45, 2.75) is 37.5 Å². The van der Waals surface area contributed by atoms with Crippen molar-refractivity contribution in [3.63, 3.8) is 0 Å². The number of phenolic OH excluding ortho intramolecular Hbond substituents is 2. The Balaban J connectivity index is 2.15. The predicted octanol–water partition coefficient (Wildman–Crippen LogP) is 3.50. The molecule has 1 heterocycles. The van der Waals surface area contributed by atoms with Gasteiger partial charge in [0, 0.05) is 24.2 Å². The van der Waals surface area contributed by atoms with E-state index in [1.165, 1.54) is 16.4 Å². The zero-order valence-corrected chi connectivity index (χ0v) is 14.5. The van der Waals surface area contributed by atoms with E-state index < -0.39 is 10.0 Å². The van der Waals surface area contributed by atoms with Crippen LogP contribution < -0.4 is 4.31 Å². The second-order valence-electron chi connectivity index (χ2n) is 6.18. The molecule has 0 amide bonds. The summed E-state index contributed by atoms with van der Waals surface area (Å²) in [7, 11) is -3.75. The van der Waals surface area contributed by atoms with Crippen molar-refractivity contribution < 1.29 is 18.6 Å². The summed E-state index contributed by atoms with van der Waals surface area (Å²) in [6, 6.07) is 9.36. The number of benzene rings is 2. The summed E-state index contributed by atoms with van der Waals surface area (Å²) in [6.45, 7) is 4.23. The molecule has 0 saturated heterocycles. The van der Waals surface area contributed by atoms with Crippen molar-refractivity contribution in [1.29, 1.82) is 0 Å². The van der Waals surface area contributed by atoms with Gasteiger partial charge in [-0.25, -0.2) is 8.42 Å². The average Bonchev–Trinajstić information content (AvgIpc) is 2.53. The summed E-state index contributed by atoms with van der Waals surface area (Å²) >= 11 is 0. The number of aryl methyl sites for hydroxylation is 1. The molecule has 1 atom stereocenters. The molecule has 1 aliphatic heterocycles. The highest BCUT2D eigenvalue weighted by atomic mass is 32.2. The molecule has 24 heavy (non-hydrogen) atoms. The minimum absolute atomic E-state index is 0.0549. The first-order chi connectivity index (χ1) is 11.3. The van der Waals surface area contributed by atoms with Crippen LogP contribution in [0.25, 0.3) is 0 Å². The number of nitrogens with zero attached hydrogens (tertiary/aromatic N) is 1. The van der Waals surface area contributed by atoms with Crippen LogP contribution in [0.2, 0.25) is 0 Å². The Morgan fingerprint density at radius 3 is 2.46 bits per heavy atom. The largest absolute Gasteiger partial charge is 0.508 e. The van der Waals surface area contributed by atoms with Crippen molar-refractivity contribution in [3.8, 4) is 11.5 Å². The zero-order chi connectivity index (χ0) is 17.5. The Bertz CT molecular complexity index is 859. The lowest BCUT2D eigenvalue weighted by molar-refractivity contribution is 0.435. The lowest BCUT2D eigenvalue weighted by Crippen LogP contribution is -2.36. The molecule has 2 aromatic carbocycles. The third-order valence-corrected chi connectivity index (χ3v) is 6.41. The van der Waals surface area contributed by atoms with Crippen LogP contribution in [0.1, 0.15) is 36.8 Å². The minimum atomic E-state index is -3.75. The highest BCUT2D eigenvalue weighted by Gasteiger charge is 2.34. The molecule has 2 aromatic rings. The first kappa shape index (κ1) is 16.6. The predicted molar refractivity (Wildman–Crippen MR) is 93.1 cm³/mol. The van der Waals surface area contributed by atoms with Crippen LogP contribution >= 0.6 is 0 Å². The highest BCUT2D eigenvalue weighted by molar-refractivity contribution is 7.92. The minimum Gasteiger partial charge on any atom is -0.508 e. The van der Waals surface area contributed by atoms with Gasteiger partial charge >= 0.3 is 0 Å². The number of rotatable bonds is 3. The Labute approximate surface area is 142 Å². The molecule has 2 N–H and O–H groups in total. The van der Waals surface area contributed by atoms with Crippen molar-refractivity contribution in [2.24, 2.45) is 0 Å². The number of anilines is 1. The zero-order valence-electron chi connectivity index (χ0n) is 13.7. The molecule has 1 aliphatic rings. The number of hydrogen-bond acceptors (Lipinski definition) is 4. The number of phenols is 2. The van der Waals surface area contributed by atoms with Crippen LogP contribution in [-0.4, -0.2) is 25.2 Å². The summed E-state index contributed by atoms with van der Waals surface area (Å²) in [5, 5.41) is 20.1. The van der Waals surface area contributed by atoms with Gasteiger partial charge in [0.1, 0.15) is 11.5 Å². The van der Waals surface area contributed by atoms with Gasteiger partial charge in [-0.2, -0.15) is 0 Å². The first-order valence-electron chi connectivity index (χ1n) is 8.00. The molecule has 0 fully saturated rings. The highest BCUT2D eigenvalue weighted by Crippen LogP contribution is 2.46. The summed E-state index contributed by atoms with van der Waals surface area (Å²) < 4.78 is 27.4. The van der Waals surface area contributed by atoms with Crippen molar-refractivity contribution in [2.75, 3.05) is 10.8 Å². The van der Waals surface area contributed by atoms with Crippen LogP contribution in [-0.2, 0) is 10.0 Å². The molecule has 5 nitrogen and oxygen atoms in total. The topological polar surface area (TPSA) is 77.8 Å². The molecular formula is C18H21NO4S. The molecule has 6 heteroatoms. The van der Waals surface area contributed by atoms with Crippen molar-refractivity contribution in [3.05, 3.63) is 47.5 Å². The normalized spacial score (nSPS) is 17.6. The van der Waals surface area contributed by atoms with Crippen LogP contribution in [0.5, 0.6) is 11.5 Å².